The zero-order valence-corrected chi connectivity index (χ0v) is 23.8. The Morgan fingerprint density at radius 2 is 1.08 bits per heavy atom. The highest BCUT2D eigenvalue weighted by Gasteiger charge is 2.93. The molecule has 0 aromatic heterocycles. The molecule has 3 aromatic carbocycles. The van der Waals surface area contributed by atoms with E-state index in [1.54, 1.807) is 6.07 Å². The van der Waals surface area contributed by atoms with Crippen molar-refractivity contribution in [3.05, 3.63) is 89.5 Å². The number of carbonyl (C=O) groups excluding carboxylic acids is 3. The topological polar surface area (TPSA) is 78.9 Å². The molecule has 0 spiro atoms. The summed E-state index contributed by atoms with van der Waals surface area (Å²) < 4.78 is 215. The van der Waals surface area contributed by atoms with Gasteiger partial charge in [0, 0.05) is 5.56 Å². The zero-order valence-electron chi connectivity index (χ0n) is 23.8. The highest BCUT2D eigenvalue weighted by molar-refractivity contribution is 5.98. The summed E-state index contributed by atoms with van der Waals surface area (Å²) in [6.07, 6.45) is -7.38. The maximum atomic E-state index is 14.1. The van der Waals surface area contributed by atoms with Gasteiger partial charge in [-0.05, 0) is 54.6 Å². The van der Waals surface area contributed by atoms with Crippen molar-refractivity contribution in [3.8, 4) is 17.2 Å². The molecule has 50 heavy (non-hydrogen) atoms. The Balaban J connectivity index is 1.78. The molecule has 0 aliphatic rings. The second-order valence-electron chi connectivity index (χ2n) is 9.85. The lowest BCUT2D eigenvalue weighted by Crippen LogP contribution is -2.73. The first-order chi connectivity index (χ1) is 22.7. The second kappa shape index (κ2) is 13.4. The monoisotopic (exact) mass is 744 g/mol. The number of ether oxygens (including phenoxy) is 3. The van der Waals surface area contributed by atoms with Crippen molar-refractivity contribution >= 4 is 18.2 Å². The number of esters is 2. The number of rotatable bonds is 13. The number of halogens is 15. The summed E-state index contributed by atoms with van der Waals surface area (Å²) in [4.78, 5) is 36.5. The maximum absolute atomic E-state index is 14.1. The third-order valence-corrected chi connectivity index (χ3v) is 6.42. The van der Waals surface area contributed by atoms with Gasteiger partial charge >= 0.3 is 53.7 Å². The molecule has 0 unspecified atom stereocenters. The van der Waals surface area contributed by atoms with Gasteiger partial charge in [-0.3, -0.25) is 4.79 Å². The van der Waals surface area contributed by atoms with Crippen LogP contribution in [0.5, 0.6) is 17.2 Å². The summed E-state index contributed by atoms with van der Waals surface area (Å²) in [5.74, 6) is -51.4. The molecule has 0 saturated carbocycles. The summed E-state index contributed by atoms with van der Waals surface area (Å²) in [5.41, 5.74) is -1.03. The summed E-state index contributed by atoms with van der Waals surface area (Å²) in [6, 6.07) is 12.8. The van der Waals surface area contributed by atoms with Crippen LogP contribution in [-0.2, 0) is 0 Å². The Labute approximate surface area is 268 Å². The number of hydrogen-bond acceptors (Lipinski definition) is 6. The van der Waals surface area contributed by atoms with Crippen molar-refractivity contribution in [3.63, 3.8) is 0 Å². The van der Waals surface area contributed by atoms with Crippen LogP contribution in [0, 0.1) is 0 Å². The fourth-order valence-electron chi connectivity index (χ4n) is 3.63. The average molecular weight is 744 g/mol. The van der Waals surface area contributed by atoms with Crippen LogP contribution in [0.15, 0.2) is 72.8 Å². The lowest BCUT2D eigenvalue weighted by Gasteiger charge is -2.41. The van der Waals surface area contributed by atoms with Crippen molar-refractivity contribution < 1.29 is 94.5 Å². The quantitative estimate of drug-likeness (QED) is 0.0755. The molecule has 6 nitrogen and oxygen atoms in total. The van der Waals surface area contributed by atoms with E-state index in [0.29, 0.717) is 30.6 Å². The normalized spacial score (nSPS) is 13.4. The van der Waals surface area contributed by atoms with E-state index in [-0.39, 0.29) is 11.3 Å². The van der Waals surface area contributed by atoms with Gasteiger partial charge in [-0.25, -0.2) is 9.59 Å². The molecular formula is C29H15F15O6. The molecule has 0 heterocycles. The van der Waals surface area contributed by atoms with Crippen LogP contribution >= 0.6 is 0 Å². The summed E-state index contributed by atoms with van der Waals surface area (Å²) in [5, 5.41) is 0. The predicted octanol–water partition coefficient (Wildman–Crippen LogP) is 8.69. The smallest absolute Gasteiger partial charge is 0.460 e. The minimum absolute atomic E-state index is 0.0450. The highest BCUT2D eigenvalue weighted by atomic mass is 19.4. The number of benzene rings is 3. The van der Waals surface area contributed by atoms with Gasteiger partial charge in [0.25, 0.3) is 0 Å². The van der Waals surface area contributed by atoms with Crippen molar-refractivity contribution in [2.24, 2.45) is 0 Å². The van der Waals surface area contributed by atoms with Gasteiger partial charge in [0.2, 0.25) is 0 Å². The van der Waals surface area contributed by atoms with Gasteiger partial charge in [0.05, 0.1) is 5.56 Å². The predicted molar refractivity (Wildman–Crippen MR) is 136 cm³/mol. The number of carbonyl (C=O) groups is 3. The minimum atomic E-state index is -8.43. The van der Waals surface area contributed by atoms with Gasteiger partial charge in [-0.2, -0.15) is 65.9 Å². The molecule has 0 fully saturated rings. The van der Waals surface area contributed by atoms with Crippen molar-refractivity contribution in [1.82, 2.24) is 0 Å². The number of aldehydes is 1. The van der Waals surface area contributed by atoms with Gasteiger partial charge in [0.15, 0.2) is 6.61 Å². The third-order valence-electron chi connectivity index (χ3n) is 6.42. The molecule has 272 valence electrons. The van der Waals surface area contributed by atoms with Gasteiger partial charge < -0.3 is 14.2 Å². The molecule has 0 N–H and O–H groups in total. The van der Waals surface area contributed by atoms with E-state index >= 15 is 0 Å². The first-order valence-electron chi connectivity index (χ1n) is 12.9. The Bertz CT molecular complexity index is 1710. The molecule has 0 bridgehead atoms. The average Bonchev–Trinajstić information content (AvgIpc) is 3.03. The minimum Gasteiger partial charge on any atom is -0.487 e. The Hall–Kier alpha value is -4.98. The number of hydrogen-bond donors (Lipinski definition) is 0. The largest absolute Gasteiger partial charge is 0.487 e. The van der Waals surface area contributed by atoms with Crippen LogP contribution in [-0.4, -0.2) is 66.5 Å². The van der Waals surface area contributed by atoms with E-state index in [1.807, 2.05) is 0 Å². The fraction of sp³-hybridized carbons (Fsp3) is 0.276. The molecule has 3 rings (SSSR count). The van der Waals surface area contributed by atoms with Gasteiger partial charge in [-0.15, -0.1) is 0 Å². The van der Waals surface area contributed by atoms with Crippen LogP contribution in [0.2, 0.25) is 0 Å². The lowest BCUT2D eigenvalue weighted by atomic mass is 9.91. The number of para-hydroxylation sites is 1. The van der Waals surface area contributed by atoms with E-state index in [2.05, 4.69) is 4.74 Å². The molecule has 0 aliphatic heterocycles. The standard InChI is InChI=1S/C29H15F15O6/c30-23(31,24(32,33)25(34,35)26(36,37)27(38,39)28(40,41)29(42,43)44)14-48-17-9-7-16(8-10-17)21(46)50-20-11-6-15(13-45)12-19(20)22(47)49-18-4-2-1-3-5-18/h1-13H,14H2. The van der Waals surface area contributed by atoms with Crippen LogP contribution < -0.4 is 14.2 Å². The summed E-state index contributed by atoms with van der Waals surface area (Å²) >= 11 is 0. The van der Waals surface area contributed by atoms with E-state index < -0.39 is 82.9 Å². The van der Waals surface area contributed by atoms with Crippen LogP contribution in [0.25, 0.3) is 0 Å². The highest BCUT2D eigenvalue weighted by Crippen LogP contribution is 2.62. The number of alkyl halides is 15. The first kappa shape index (κ1) is 39.5. The SMILES string of the molecule is O=Cc1ccc(OC(=O)c2ccc(OCC(F)(F)C(F)(F)C(F)(F)C(F)(F)C(F)(F)C(F)(F)C(F)(F)F)cc2)c(C(=O)Oc2ccccc2)c1. The Morgan fingerprint density at radius 1 is 0.560 bits per heavy atom. The van der Waals surface area contributed by atoms with Crippen LogP contribution in [0.1, 0.15) is 31.1 Å². The van der Waals surface area contributed by atoms with Crippen LogP contribution in [0.3, 0.4) is 0 Å². The van der Waals surface area contributed by atoms with Gasteiger partial charge in [0.1, 0.15) is 29.1 Å². The first-order valence-corrected chi connectivity index (χ1v) is 12.9. The lowest BCUT2D eigenvalue weighted by molar-refractivity contribution is -0.453. The molecule has 21 heteroatoms. The Kier molecular flexibility index (Phi) is 10.6. The van der Waals surface area contributed by atoms with E-state index in [1.165, 1.54) is 24.3 Å². The van der Waals surface area contributed by atoms with E-state index in [4.69, 9.17) is 9.47 Å². The molecular weight excluding hydrogens is 729 g/mol. The molecule has 0 radical (unpaired) electrons. The molecule has 0 amide bonds. The molecule has 0 aliphatic carbocycles. The third kappa shape index (κ3) is 7.02. The molecule has 0 atom stereocenters. The van der Waals surface area contributed by atoms with Crippen molar-refractivity contribution in [2.75, 3.05) is 6.61 Å². The summed E-state index contributed by atoms with van der Waals surface area (Å²) in [7, 11) is 0. The van der Waals surface area contributed by atoms with Gasteiger partial charge in [-0.1, -0.05) is 18.2 Å². The molecule has 0 saturated heterocycles. The van der Waals surface area contributed by atoms with E-state index in [0.717, 1.165) is 18.2 Å². The molecule has 3 aromatic rings. The second-order valence-corrected chi connectivity index (χ2v) is 9.85. The van der Waals surface area contributed by atoms with E-state index in [9.17, 15) is 80.2 Å². The fourth-order valence-corrected chi connectivity index (χ4v) is 3.63. The maximum Gasteiger partial charge on any atom is 0.460 e. The van der Waals surface area contributed by atoms with Crippen molar-refractivity contribution in [1.29, 1.82) is 0 Å². The van der Waals surface area contributed by atoms with Crippen molar-refractivity contribution in [2.45, 2.75) is 41.7 Å². The zero-order chi connectivity index (χ0) is 38.1. The Morgan fingerprint density at radius 3 is 1.60 bits per heavy atom. The van der Waals surface area contributed by atoms with Crippen LogP contribution in [0.4, 0.5) is 65.9 Å². The summed E-state index contributed by atoms with van der Waals surface area (Å²) in [6.45, 7) is -3.08.